The Kier molecular flexibility index (Phi) is 5.89. The van der Waals surface area contributed by atoms with Gasteiger partial charge in [0.15, 0.2) is 5.11 Å². The molecule has 2 aliphatic rings. The van der Waals surface area contributed by atoms with Gasteiger partial charge in [-0.05, 0) is 44.4 Å². The zero-order valence-electron chi connectivity index (χ0n) is 12.5. The van der Waals surface area contributed by atoms with Gasteiger partial charge in [0.2, 0.25) is 0 Å². The number of likely N-dealkylation sites (tertiary alicyclic amines) is 1. The van der Waals surface area contributed by atoms with E-state index in [1.54, 1.807) is 0 Å². The Morgan fingerprint density at radius 1 is 1.16 bits per heavy atom. The van der Waals surface area contributed by atoms with Gasteiger partial charge in [0.25, 0.3) is 0 Å². The van der Waals surface area contributed by atoms with Crippen molar-refractivity contribution in [2.75, 3.05) is 26.7 Å². The highest BCUT2D eigenvalue weighted by Gasteiger charge is 2.24. The molecule has 0 aromatic carbocycles. The van der Waals surface area contributed by atoms with Gasteiger partial charge in [0.05, 0.1) is 0 Å². The largest absolute Gasteiger partial charge is 0.360 e. The quantitative estimate of drug-likeness (QED) is 0.802. The van der Waals surface area contributed by atoms with E-state index in [9.17, 15) is 0 Å². The Bertz CT molecular complexity index is 281. The van der Waals surface area contributed by atoms with Crippen LogP contribution >= 0.6 is 12.2 Å². The first-order valence-electron chi connectivity index (χ1n) is 7.96. The van der Waals surface area contributed by atoms with E-state index in [4.69, 9.17) is 12.2 Å². The van der Waals surface area contributed by atoms with Crippen molar-refractivity contribution in [2.45, 2.75) is 64.0 Å². The second kappa shape index (κ2) is 7.44. The summed E-state index contributed by atoms with van der Waals surface area (Å²) in [5.41, 5.74) is 0. The molecular formula is C15H29N3S. The van der Waals surface area contributed by atoms with Crippen molar-refractivity contribution in [1.82, 2.24) is 15.1 Å². The van der Waals surface area contributed by atoms with Gasteiger partial charge in [-0.2, -0.15) is 0 Å². The molecule has 4 heteroatoms. The average Bonchev–Trinajstić information content (AvgIpc) is 2.47. The number of nitrogens with zero attached hydrogens (tertiary/aromatic N) is 2. The molecule has 1 saturated carbocycles. The lowest BCUT2D eigenvalue weighted by Crippen LogP contribution is -2.51. The van der Waals surface area contributed by atoms with Gasteiger partial charge in [-0.3, -0.25) is 0 Å². The van der Waals surface area contributed by atoms with Crippen molar-refractivity contribution in [3.05, 3.63) is 0 Å². The fourth-order valence-corrected chi connectivity index (χ4v) is 3.63. The molecule has 0 radical (unpaired) electrons. The highest BCUT2D eigenvalue weighted by Crippen LogP contribution is 2.19. The maximum absolute atomic E-state index is 5.60. The Hall–Kier alpha value is -0.350. The van der Waals surface area contributed by atoms with Gasteiger partial charge in [0.1, 0.15) is 0 Å². The molecule has 1 aliphatic heterocycles. The molecule has 2 fully saturated rings. The highest BCUT2D eigenvalue weighted by atomic mass is 32.1. The maximum Gasteiger partial charge on any atom is 0.169 e. The summed E-state index contributed by atoms with van der Waals surface area (Å²) in [6.45, 7) is 5.87. The molecule has 19 heavy (non-hydrogen) atoms. The van der Waals surface area contributed by atoms with Crippen LogP contribution in [0.3, 0.4) is 0 Å². The van der Waals surface area contributed by atoms with Crippen LogP contribution in [0.5, 0.6) is 0 Å². The third kappa shape index (κ3) is 4.32. The standard InChI is InChI=1S/C15H29N3S/c1-3-18-11-9-14(10-12-18)17(2)15(19)16-13-7-5-4-6-8-13/h13-14H,3-12H2,1-2H3,(H,16,19). The summed E-state index contributed by atoms with van der Waals surface area (Å²) >= 11 is 5.60. The number of thiocarbonyl (C=S) groups is 1. The van der Waals surface area contributed by atoms with Gasteiger partial charge in [-0.1, -0.05) is 26.2 Å². The van der Waals surface area contributed by atoms with E-state index < -0.39 is 0 Å². The van der Waals surface area contributed by atoms with Gasteiger partial charge >= 0.3 is 0 Å². The summed E-state index contributed by atoms with van der Waals surface area (Å²) < 4.78 is 0. The fourth-order valence-electron chi connectivity index (χ4n) is 3.31. The van der Waals surface area contributed by atoms with E-state index in [1.807, 2.05) is 0 Å². The smallest absolute Gasteiger partial charge is 0.169 e. The monoisotopic (exact) mass is 283 g/mol. The van der Waals surface area contributed by atoms with E-state index in [-0.39, 0.29) is 0 Å². The van der Waals surface area contributed by atoms with Crippen molar-refractivity contribution in [2.24, 2.45) is 0 Å². The molecule has 0 amide bonds. The third-order valence-corrected chi connectivity index (χ3v) is 5.21. The van der Waals surface area contributed by atoms with Crippen LogP contribution in [0.15, 0.2) is 0 Å². The molecule has 110 valence electrons. The second-order valence-corrected chi connectivity index (χ2v) is 6.45. The summed E-state index contributed by atoms with van der Waals surface area (Å²) in [4.78, 5) is 4.85. The average molecular weight is 283 g/mol. The number of rotatable bonds is 3. The predicted molar refractivity (Wildman–Crippen MR) is 85.5 cm³/mol. The molecule has 3 nitrogen and oxygen atoms in total. The zero-order chi connectivity index (χ0) is 13.7. The lowest BCUT2D eigenvalue weighted by Gasteiger charge is -2.38. The van der Waals surface area contributed by atoms with E-state index in [0.29, 0.717) is 12.1 Å². The first kappa shape index (κ1) is 15.0. The van der Waals surface area contributed by atoms with Gasteiger partial charge in [-0.25, -0.2) is 0 Å². The maximum atomic E-state index is 5.60. The number of piperidine rings is 1. The molecular weight excluding hydrogens is 254 g/mol. The van der Waals surface area contributed by atoms with E-state index in [0.717, 1.165) is 5.11 Å². The predicted octanol–water partition coefficient (Wildman–Crippen LogP) is 2.61. The summed E-state index contributed by atoms with van der Waals surface area (Å²) in [6.07, 6.45) is 9.20. The van der Waals surface area contributed by atoms with Gasteiger partial charge in [-0.15, -0.1) is 0 Å². The van der Waals surface area contributed by atoms with Gasteiger partial charge in [0, 0.05) is 32.2 Å². The summed E-state index contributed by atoms with van der Waals surface area (Å²) in [5.74, 6) is 0. The van der Waals surface area contributed by atoms with Crippen LogP contribution < -0.4 is 5.32 Å². The molecule has 1 heterocycles. The molecule has 2 rings (SSSR count). The normalized spacial score (nSPS) is 23.3. The van der Waals surface area contributed by atoms with Crippen molar-refractivity contribution < 1.29 is 0 Å². The molecule has 0 atom stereocenters. The van der Waals surface area contributed by atoms with Crippen molar-refractivity contribution in [3.8, 4) is 0 Å². The van der Waals surface area contributed by atoms with Crippen LogP contribution in [0.25, 0.3) is 0 Å². The minimum absolute atomic E-state index is 0.624. The van der Waals surface area contributed by atoms with Crippen molar-refractivity contribution in [3.63, 3.8) is 0 Å². The molecule has 1 saturated heterocycles. The van der Waals surface area contributed by atoms with E-state index in [1.165, 1.54) is 64.6 Å². The molecule has 1 N–H and O–H groups in total. The molecule has 0 aromatic rings. The Labute approximate surface area is 123 Å². The molecule has 1 aliphatic carbocycles. The second-order valence-electron chi connectivity index (χ2n) is 6.06. The van der Waals surface area contributed by atoms with Crippen LogP contribution in [0.4, 0.5) is 0 Å². The van der Waals surface area contributed by atoms with Crippen LogP contribution in [0.2, 0.25) is 0 Å². The van der Waals surface area contributed by atoms with Crippen LogP contribution in [-0.2, 0) is 0 Å². The van der Waals surface area contributed by atoms with E-state index >= 15 is 0 Å². The van der Waals surface area contributed by atoms with Crippen LogP contribution in [-0.4, -0.2) is 53.7 Å². The molecule has 0 bridgehead atoms. The Morgan fingerprint density at radius 2 is 1.79 bits per heavy atom. The SMILES string of the molecule is CCN1CCC(N(C)C(=S)NC2CCCCC2)CC1. The number of hydrogen-bond donors (Lipinski definition) is 1. The number of nitrogens with one attached hydrogen (secondary N) is 1. The minimum atomic E-state index is 0.624. The van der Waals surface area contributed by atoms with E-state index in [2.05, 4.69) is 29.1 Å². The van der Waals surface area contributed by atoms with Crippen molar-refractivity contribution >= 4 is 17.3 Å². The third-order valence-electron chi connectivity index (χ3n) is 4.81. The Balaban J connectivity index is 1.75. The zero-order valence-corrected chi connectivity index (χ0v) is 13.3. The number of hydrogen-bond acceptors (Lipinski definition) is 2. The highest BCUT2D eigenvalue weighted by molar-refractivity contribution is 7.80. The van der Waals surface area contributed by atoms with Crippen LogP contribution in [0, 0.1) is 0 Å². The topological polar surface area (TPSA) is 18.5 Å². The summed E-state index contributed by atoms with van der Waals surface area (Å²) in [5, 5.41) is 4.56. The minimum Gasteiger partial charge on any atom is -0.360 e. The fraction of sp³-hybridized carbons (Fsp3) is 0.933. The lowest BCUT2D eigenvalue weighted by molar-refractivity contribution is 0.170. The molecule has 0 aromatic heterocycles. The Morgan fingerprint density at radius 3 is 2.37 bits per heavy atom. The van der Waals surface area contributed by atoms with Crippen molar-refractivity contribution in [1.29, 1.82) is 0 Å². The summed E-state index contributed by atoms with van der Waals surface area (Å²) in [7, 11) is 2.17. The molecule has 0 unspecified atom stereocenters. The van der Waals surface area contributed by atoms with Crippen LogP contribution in [0.1, 0.15) is 51.9 Å². The van der Waals surface area contributed by atoms with Gasteiger partial charge < -0.3 is 15.1 Å². The first-order chi connectivity index (χ1) is 9.20. The molecule has 0 spiro atoms. The summed E-state index contributed by atoms with van der Waals surface area (Å²) in [6, 6.07) is 1.26. The lowest BCUT2D eigenvalue weighted by atomic mass is 9.96. The first-order valence-corrected chi connectivity index (χ1v) is 8.37.